The lowest BCUT2D eigenvalue weighted by Crippen LogP contribution is -1.88. The van der Waals surface area contributed by atoms with Crippen molar-refractivity contribution in [3.05, 3.63) is 36.4 Å². The van der Waals surface area contributed by atoms with Gasteiger partial charge in [-0.3, -0.25) is 9.11 Å². The van der Waals surface area contributed by atoms with Gasteiger partial charge in [-0.25, -0.2) is 0 Å². The van der Waals surface area contributed by atoms with Crippen LogP contribution in [0.4, 0.5) is 0 Å². The lowest BCUT2D eigenvalue weighted by Gasteiger charge is -1.69. The summed E-state index contributed by atoms with van der Waals surface area (Å²) in [6.45, 7) is 0. The van der Waals surface area contributed by atoms with Crippen LogP contribution in [-0.4, -0.2) is 38.5 Å². The van der Waals surface area contributed by atoms with E-state index in [-0.39, 0.29) is 0 Å². The van der Waals surface area contributed by atoms with E-state index < -0.39 is 20.2 Å². The fourth-order valence-electron chi connectivity index (χ4n) is 0.385. The summed E-state index contributed by atoms with van der Waals surface area (Å²) in [5.74, 6) is 0. The van der Waals surface area contributed by atoms with Gasteiger partial charge in [-0.05, 0) is 0 Å². The lowest BCUT2D eigenvalue weighted by molar-refractivity contribution is 0.488. The topological polar surface area (TPSA) is 109 Å². The van der Waals surface area contributed by atoms with Gasteiger partial charge in [0.1, 0.15) is 0 Å². The van der Waals surface area contributed by atoms with Crippen LogP contribution in [-0.2, 0) is 20.2 Å². The molecular formula is C8H14O6S2. The van der Waals surface area contributed by atoms with E-state index in [0.717, 1.165) is 0 Å². The van der Waals surface area contributed by atoms with Crippen molar-refractivity contribution in [1.82, 2.24) is 0 Å². The van der Waals surface area contributed by atoms with Gasteiger partial charge in [0.2, 0.25) is 0 Å². The molecule has 0 aliphatic heterocycles. The van der Waals surface area contributed by atoms with Crippen LogP contribution in [0.3, 0.4) is 0 Å². The van der Waals surface area contributed by atoms with E-state index in [2.05, 4.69) is 0 Å². The maximum atomic E-state index is 9.19. The van der Waals surface area contributed by atoms with Crippen molar-refractivity contribution < 1.29 is 25.9 Å². The van der Waals surface area contributed by atoms with Crippen molar-refractivity contribution in [2.75, 3.05) is 12.5 Å². The second kappa shape index (κ2) is 8.22. The van der Waals surface area contributed by atoms with Gasteiger partial charge < -0.3 is 0 Å². The molecule has 16 heavy (non-hydrogen) atoms. The second-order valence-corrected chi connectivity index (χ2v) is 5.55. The highest BCUT2D eigenvalue weighted by Crippen LogP contribution is 1.79. The van der Waals surface area contributed by atoms with Gasteiger partial charge in [-0.2, -0.15) is 16.8 Å². The molecule has 0 spiro atoms. The summed E-state index contributed by atoms with van der Waals surface area (Å²) in [4.78, 5) is 0. The molecule has 0 aliphatic carbocycles. The Labute approximate surface area is 95.4 Å². The van der Waals surface area contributed by atoms with Crippen molar-refractivity contribution >= 4 is 20.2 Å². The Kier molecular flexibility index (Phi) is 8.96. The maximum absolute atomic E-state index is 9.19. The first-order valence-electron chi connectivity index (χ1n) is 3.85. The minimum absolute atomic E-state index is 0.715. The third kappa shape index (κ3) is 74.4. The van der Waals surface area contributed by atoms with Crippen molar-refractivity contribution in [2.45, 2.75) is 0 Å². The van der Waals surface area contributed by atoms with E-state index in [1.54, 1.807) is 0 Å². The number of rotatable bonds is 0. The molecule has 1 rings (SSSR count). The smallest absolute Gasteiger partial charge is 0.261 e. The standard InChI is InChI=1S/C6H6.2CH4O3S/c1-2-4-6-5-3-1;2*1-5(2,3)4/h1-6H;2*1H3,(H,2,3,4). The predicted molar refractivity (Wildman–Crippen MR) is 61.4 cm³/mol. The summed E-state index contributed by atoms with van der Waals surface area (Å²) in [6.07, 6.45) is 1.43. The number of benzene rings is 1. The average molecular weight is 270 g/mol. The summed E-state index contributed by atoms with van der Waals surface area (Å²) in [7, 11) is -7.33. The van der Waals surface area contributed by atoms with Gasteiger partial charge in [0.05, 0.1) is 12.5 Å². The van der Waals surface area contributed by atoms with Crippen LogP contribution < -0.4 is 0 Å². The molecule has 0 aliphatic rings. The summed E-state index contributed by atoms with van der Waals surface area (Å²) in [5.41, 5.74) is 0. The van der Waals surface area contributed by atoms with Crippen LogP contribution in [0.5, 0.6) is 0 Å². The van der Waals surface area contributed by atoms with Gasteiger partial charge in [0.15, 0.2) is 0 Å². The fraction of sp³-hybridized carbons (Fsp3) is 0.250. The van der Waals surface area contributed by atoms with Gasteiger partial charge in [0, 0.05) is 0 Å². The molecule has 0 heterocycles. The summed E-state index contributed by atoms with van der Waals surface area (Å²) >= 11 is 0. The average Bonchev–Trinajstić information content (AvgIpc) is 2.01. The molecule has 0 amide bonds. The normalized spacial score (nSPS) is 10.2. The molecular weight excluding hydrogens is 256 g/mol. The van der Waals surface area contributed by atoms with Crippen LogP contribution in [0.2, 0.25) is 0 Å². The Balaban J connectivity index is 0. The molecule has 1 aromatic rings. The molecule has 0 aromatic heterocycles. The van der Waals surface area contributed by atoms with Crippen molar-refractivity contribution in [1.29, 1.82) is 0 Å². The Morgan fingerprint density at radius 1 is 0.625 bits per heavy atom. The van der Waals surface area contributed by atoms with Gasteiger partial charge >= 0.3 is 0 Å². The fourth-order valence-corrected chi connectivity index (χ4v) is 0.385. The minimum Gasteiger partial charge on any atom is -0.286 e. The van der Waals surface area contributed by atoms with Gasteiger partial charge in [-0.1, -0.05) is 36.4 Å². The summed E-state index contributed by atoms with van der Waals surface area (Å²) in [5, 5.41) is 0. The molecule has 0 fully saturated rings. The maximum Gasteiger partial charge on any atom is 0.261 e. The Hall–Kier alpha value is -0.960. The highest BCUT2D eigenvalue weighted by Gasteiger charge is 1.82. The van der Waals surface area contributed by atoms with Crippen molar-refractivity contribution in [2.24, 2.45) is 0 Å². The zero-order valence-corrected chi connectivity index (χ0v) is 10.4. The molecule has 1 aromatic carbocycles. The summed E-state index contributed by atoms with van der Waals surface area (Å²) < 4.78 is 51.7. The SMILES string of the molecule is CS(=O)(=O)O.CS(=O)(=O)O.c1ccccc1. The minimum atomic E-state index is -3.67. The Bertz CT molecular complexity index is 376. The van der Waals surface area contributed by atoms with Gasteiger partial charge in [0.25, 0.3) is 20.2 Å². The van der Waals surface area contributed by atoms with Crippen LogP contribution in [0.15, 0.2) is 36.4 Å². The van der Waals surface area contributed by atoms with E-state index in [1.807, 2.05) is 36.4 Å². The van der Waals surface area contributed by atoms with E-state index >= 15 is 0 Å². The van der Waals surface area contributed by atoms with E-state index in [4.69, 9.17) is 9.11 Å². The molecule has 0 saturated heterocycles. The molecule has 0 saturated carbocycles. The second-order valence-electron chi connectivity index (χ2n) is 2.62. The monoisotopic (exact) mass is 270 g/mol. The number of hydrogen-bond donors (Lipinski definition) is 2. The molecule has 0 radical (unpaired) electrons. The van der Waals surface area contributed by atoms with Crippen LogP contribution in [0, 0.1) is 0 Å². The van der Waals surface area contributed by atoms with Crippen molar-refractivity contribution in [3.63, 3.8) is 0 Å². The first-order chi connectivity index (χ1) is 7.00. The Morgan fingerprint density at radius 3 is 0.750 bits per heavy atom. The molecule has 6 nitrogen and oxygen atoms in total. The first kappa shape index (κ1) is 17.4. The van der Waals surface area contributed by atoms with Crippen LogP contribution in [0.1, 0.15) is 0 Å². The third-order valence-electron chi connectivity index (χ3n) is 0.667. The summed E-state index contributed by atoms with van der Waals surface area (Å²) in [6, 6.07) is 12.0. The zero-order chi connectivity index (χ0) is 13.2. The predicted octanol–water partition coefficient (Wildman–Crippen LogP) is 0.695. The zero-order valence-electron chi connectivity index (χ0n) is 8.81. The Morgan fingerprint density at radius 2 is 0.688 bits per heavy atom. The lowest BCUT2D eigenvalue weighted by atomic mass is 10.4. The molecule has 94 valence electrons. The largest absolute Gasteiger partial charge is 0.286 e. The number of hydrogen-bond acceptors (Lipinski definition) is 4. The van der Waals surface area contributed by atoms with E-state index in [0.29, 0.717) is 12.5 Å². The highest BCUT2D eigenvalue weighted by molar-refractivity contribution is 7.85. The molecule has 8 heteroatoms. The van der Waals surface area contributed by atoms with Crippen LogP contribution >= 0.6 is 0 Å². The highest BCUT2D eigenvalue weighted by atomic mass is 32.2. The van der Waals surface area contributed by atoms with E-state index in [9.17, 15) is 16.8 Å². The molecule has 0 unspecified atom stereocenters. The van der Waals surface area contributed by atoms with Gasteiger partial charge in [-0.15, -0.1) is 0 Å². The molecule has 2 N–H and O–H groups in total. The molecule has 0 bridgehead atoms. The quantitative estimate of drug-likeness (QED) is 0.671. The van der Waals surface area contributed by atoms with Crippen molar-refractivity contribution in [3.8, 4) is 0 Å². The van der Waals surface area contributed by atoms with E-state index in [1.165, 1.54) is 0 Å². The first-order valence-corrected chi connectivity index (χ1v) is 7.54. The third-order valence-corrected chi connectivity index (χ3v) is 0.667. The molecule has 0 atom stereocenters. The van der Waals surface area contributed by atoms with Crippen LogP contribution in [0.25, 0.3) is 0 Å².